The zero-order chi connectivity index (χ0) is 14.5. The Morgan fingerprint density at radius 2 is 2.00 bits per heavy atom. The second-order valence-corrected chi connectivity index (χ2v) is 5.03. The van der Waals surface area contributed by atoms with E-state index >= 15 is 0 Å². The van der Waals surface area contributed by atoms with Gasteiger partial charge in [0.2, 0.25) is 0 Å². The van der Waals surface area contributed by atoms with E-state index in [-0.39, 0.29) is 12.3 Å². The van der Waals surface area contributed by atoms with E-state index in [0.29, 0.717) is 16.1 Å². The number of hydrogen-bond donors (Lipinski definition) is 0. The summed E-state index contributed by atoms with van der Waals surface area (Å²) in [4.78, 5) is 10.3. The number of ether oxygens (including phenoxy) is 1. The van der Waals surface area contributed by atoms with Crippen molar-refractivity contribution in [3.05, 3.63) is 68.7 Å². The minimum Gasteiger partial charge on any atom is -0.489 e. The van der Waals surface area contributed by atoms with Gasteiger partial charge in [-0.1, -0.05) is 45.7 Å². The quantitative estimate of drug-likeness (QED) is 0.442. The number of nitro benzene ring substituents is 1. The molecule has 2 rings (SSSR count). The molecular formula is C14H11BrClNO3. The van der Waals surface area contributed by atoms with Crippen molar-refractivity contribution in [3.63, 3.8) is 0 Å². The van der Waals surface area contributed by atoms with Crippen molar-refractivity contribution in [1.82, 2.24) is 0 Å². The molecule has 0 spiro atoms. The van der Waals surface area contributed by atoms with Gasteiger partial charge in [0.1, 0.15) is 12.4 Å². The van der Waals surface area contributed by atoms with Crippen LogP contribution < -0.4 is 4.74 Å². The van der Waals surface area contributed by atoms with Crippen molar-refractivity contribution in [2.75, 3.05) is 0 Å². The number of benzene rings is 2. The minimum atomic E-state index is -0.424. The Kier molecular flexibility index (Phi) is 4.98. The maximum Gasteiger partial charge on any atom is 0.269 e. The van der Waals surface area contributed by atoms with E-state index in [4.69, 9.17) is 16.3 Å². The molecule has 0 atom stereocenters. The van der Waals surface area contributed by atoms with E-state index in [1.165, 1.54) is 12.1 Å². The van der Waals surface area contributed by atoms with Crippen molar-refractivity contribution >= 4 is 33.2 Å². The second-order valence-electron chi connectivity index (χ2n) is 4.07. The molecule has 0 amide bonds. The van der Waals surface area contributed by atoms with Crippen LogP contribution in [-0.2, 0) is 11.9 Å². The van der Waals surface area contributed by atoms with Crippen LogP contribution in [0.3, 0.4) is 0 Å². The molecule has 0 aliphatic rings. The van der Waals surface area contributed by atoms with Crippen LogP contribution in [-0.4, -0.2) is 4.92 Å². The van der Waals surface area contributed by atoms with Crippen molar-refractivity contribution in [1.29, 1.82) is 0 Å². The molecule has 4 nitrogen and oxygen atoms in total. The average Bonchev–Trinajstić information content (AvgIpc) is 2.45. The van der Waals surface area contributed by atoms with Gasteiger partial charge in [-0.2, -0.15) is 0 Å². The van der Waals surface area contributed by atoms with E-state index in [9.17, 15) is 10.1 Å². The van der Waals surface area contributed by atoms with E-state index in [1.807, 2.05) is 6.07 Å². The molecule has 0 saturated carbocycles. The Balaban J connectivity index is 2.15. The van der Waals surface area contributed by atoms with Crippen LogP contribution in [0.15, 0.2) is 42.5 Å². The number of rotatable bonds is 5. The van der Waals surface area contributed by atoms with E-state index < -0.39 is 4.92 Å². The molecule has 0 N–H and O–H groups in total. The van der Waals surface area contributed by atoms with Crippen LogP contribution in [0, 0.1) is 10.1 Å². The summed E-state index contributed by atoms with van der Waals surface area (Å²) in [6.45, 7) is 0.252. The first-order valence-corrected chi connectivity index (χ1v) is 7.31. The lowest BCUT2D eigenvalue weighted by molar-refractivity contribution is -0.384. The van der Waals surface area contributed by atoms with Gasteiger partial charge in [0, 0.05) is 28.0 Å². The van der Waals surface area contributed by atoms with Gasteiger partial charge in [-0.3, -0.25) is 10.1 Å². The third kappa shape index (κ3) is 3.49. The van der Waals surface area contributed by atoms with Crippen molar-refractivity contribution in [2.24, 2.45) is 0 Å². The van der Waals surface area contributed by atoms with Crippen LogP contribution in [0.1, 0.15) is 11.1 Å². The van der Waals surface area contributed by atoms with Gasteiger partial charge in [-0.25, -0.2) is 0 Å². The molecule has 0 aromatic heterocycles. The van der Waals surface area contributed by atoms with Gasteiger partial charge < -0.3 is 4.74 Å². The highest BCUT2D eigenvalue weighted by atomic mass is 79.9. The normalized spacial score (nSPS) is 10.3. The summed E-state index contributed by atoms with van der Waals surface area (Å²) in [5, 5.41) is 11.9. The van der Waals surface area contributed by atoms with Crippen molar-refractivity contribution in [3.8, 4) is 5.75 Å². The van der Waals surface area contributed by atoms with E-state index in [2.05, 4.69) is 15.9 Å². The van der Waals surface area contributed by atoms with Crippen LogP contribution in [0.4, 0.5) is 5.69 Å². The third-order valence-corrected chi connectivity index (χ3v) is 3.64. The molecule has 20 heavy (non-hydrogen) atoms. The second kappa shape index (κ2) is 6.72. The molecule has 0 radical (unpaired) electrons. The molecule has 0 bridgehead atoms. The Hall–Kier alpha value is -1.59. The Morgan fingerprint density at radius 1 is 1.25 bits per heavy atom. The lowest BCUT2D eigenvalue weighted by Crippen LogP contribution is -1.99. The van der Waals surface area contributed by atoms with E-state index in [1.54, 1.807) is 24.3 Å². The topological polar surface area (TPSA) is 52.4 Å². The molecule has 6 heteroatoms. The summed E-state index contributed by atoms with van der Waals surface area (Å²) in [5.41, 5.74) is 1.65. The molecule has 0 aliphatic heterocycles. The zero-order valence-electron chi connectivity index (χ0n) is 10.4. The SMILES string of the molecule is O=[N+]([O-])c1cccc(COc2cccc(Cl)c2CBr)c1. The fourth-order valence-electron chi connectivity index (χ4n) is 1.72. The molecule has 104 valence electrons. The number of hydrogen-bond acceptors (Lipinski definition) is 3. The van der Waals surface area contributed by atoms with Gasteiger partial charge in [0.15, 0.2) is 0 Å². The molecule has 2 aromatic rings. The molecule has 0 unspecified atom stereocenters. The van der Waals surface area contributed by atoms with Crippen LogP contribution in [0.2, 0.25) is 5.02 Å². The van der Waals surface area contributed by atoms with Crippen molar-refractivity contribution in [2.45, 2.75) is 11.9 Å². The first-order chi connectivity index (χ1) is 9.61. The highest BCUT2D eigenvalue weighted by Crippen LogP contribution is 2.29. The van der Waals surface area contributed by atoms with Gasteiger partial charge in [0.05, 0.1) is 4.92 Å². The number of non-ortho nitro benzene ring substituents is 1. The minimum absolute atomic E-state index is 0.0536. The highest BCUT2D eigenvalue weighted by Gasteiger charge is 2.09. The summed E-state index contributed by atoms with van der Waals surface area (Å²) in [7, 11) is 0. The van der Waals surface area contributed by atoms with E-state index in [0.717, 1.165) is 11.1 Å². The number of halogens is 2. The Labute approximate surface area is 129 Å². The third-order valence-electron chi connectivity index (χ3n) is 2.73. The highest BCUT2D eigenvalue weighted by molar-refractivity contribution is 9.08. The lowest BCUT2D eigenvalue weighted by Gasteiger charge is -2.11. The van der Waals surface area contributed by atoms with Crippen LogP contribution >= 0.6 is 27.5 Å². The first-order valence-electron chi connectivity index (χ1n) is 5.81. The molecule has 0 saturated heterocycles. The van der Waals surface area contributed by atoms with Crippen molar-refractivity contribution < 1.29 is 9.66 Å². The maximum absolute atomic E-state index is 10.7. The number of nitro groups is 1. The summed E-state index contributed by atoms with van der Waals surface area (Å²) in [5.74, 6) is 0.667. The summed E-state index contributed by atoms with van der Waals surface area (Å²) < 4.78 is 5.69. The predicted molar refractivity (Wildman–Crippen MR) is 81.5 cm³/mol. The van der Waals surface area contributed by atoms with Gasteiger partial charge >= 0.3 is 0 Å². The fourth-order valence-corrected chi connectivity index (χ4v) is 2.70. The maximum atomic E-state index is 10.7. The molecule has 0 fully saturated rings. The molecule has 0 aliphatic carbocycles. The number of alkyl halides is 1. The lowest BCUT2D eigenvalue weighted by atomic mass is 10.2. The molecular weight excluding hydrogens is 346 g/mol. The summed E-state index contributed by atoms with van der Waals surface area (Å²) >= 11 is 9.44. The smallest absolute Gasteiger partial charge is 0.269 e. The van der Waals surface area contributed by atoms with Crippen LogP contribution in [0.5, 0.6) is 5.75 Å². The van der Waals surface area contributed by atoms with Gasteiger partial charge in [0.25, 0.3) is 5.69 Å². The monoisotopic (exact) mass is 355 g/mol. The largest absolute Gasteiger partial charge is 0.489 e. The predicted octanol–water partition coefficient (Wildman–Crippen LogP) is 4.72. The molecule has 0 heterocycles. The van der Waals surface area contributed by atoms with Gasteiger partial charge in [-0.15, -0.1) is 0 Å². The average molecular weight is 357 g/mol. The number of nitrogens with zero attached hydrogens (tertiary/aromatic N) is 1. The summed E-state index contributed by atoms with van der Waals surface area (Å²) in [6, 6.07) is 11.8. The van der Waals surface area contributed by atoms with Gasteiger partial charge in [-0.05, 0) is 17.7 Å². The van der Waals surface area contributed by atoms with Crippen LogP contribution in [0.25, 0.3) is 0 Å². The fraction of sp³-hybridized carbons (Fsp3) is 0.143. The summed E-state index contributed by atoms with van der Waals surface area (Å²) in [6.07, 6.45) is 0. The molecule has 2 aromatic carbocycles. The first kappa shape index (κ1) is 14.8. The standard InChI is InChI=1S/C14H11BrClNO3/c15-8-12-13(16)5-2-6-14(12)20-9-10-3-1-4-11(7-10)17(18)19/h1-7H,8-9H2. The zero-order valence-corrected chi connectivity index (χ0v) is 12.7. The Bertz CT molecular complexity index is 634. The Morgan fingerprint density at radius 3 is 2.70 bits per heavy atom.